The van der Waals surface area contributed by atoms with Crippen molar-refractivity contribution in [3.63, 3.8) is 0 Å². The number of aromatic nitrogens is 2. The zero-order valence-corrected chi connectivity index (χ0v) is 12.9. The van der Waals surface area contributed by atoms with E-state index >= 15 is 0 Å². The van der Waals surface area contributed by atoms with Crippen LogP contribution in [0.2, 0.25) is 0 Å². The van der Waals surface area contributed by atoms with Crippen molar-refractivity contribution in [3.8, 4) is 17.1 Å². The second kappa shape index (κ2) is 8.50. The fraction of sp³-hybridized carbons (Fsp3) is 0.412. The van der Waals surface area contributed by atoms with Gasteiger partial charge < -0.3 is 4.74 Å². The van der Waals surface area contributed by atoms with Gasteiger partial charge in [0, 0.05) is 18.0 Å². The molecule has 0 bridgehead atoms. The number of alkyl halides is 3. The highest BCUT2D eigenvalue weighted by Crippen LogP contribution is 2.21. The summed E-state index contributed by atoms with van der Waals surface area (Å²) in [6, 6.07) is 6.06. The molecular weight excluding hydrogens is 305 g/mol. The van der Waals surface area contributed by atoms with Crippen LogP contribution in [0, 0.1) is 0 Å². The Hall–Kier alpha value is -2.11. The van der Waals surface area contributed by atoms with Crippen molar-refractivity contribution >= 4 is 0 Å². The fourth-order valence-corrected chi connectivity index (χ4v) is 2.08. The summed E-state index contributed by atoms with van der Waals surface area (Å²) < 4.78 is 41.5. The van der Waals surface area contributed by atoms with Crippen LogP contribution in [-0.2, 0) is 6.42 Å². The van der Waals surface area contributed by atoms with Gasteiger partial charge in [0.2, 0.25) is 0 Å². The number of ether oxygens (including phenoxy) is 1. The fourth-order valence-electron chi connectivity index (χ4n) is 2.08. The lowest BCUT2D eigenvalue weighted by molar-refractivity contribution is -0.0668. The standard InChI is InChI=1S/C17H19F3N2O/c1-2-3-4-5-12-10-21-17(22-11-12)13-6-8-14(9-7-13)23-16(20)15(18)19/h6-11,15-16H,2-5H2,1H3. The molecular formula is C17H19F3N2O. The van der Waals surface area contributed by atoms with Crippen molar-refractivity contribution in [1.29, 1.82) is 0 Å². The molecule has 6 heteroatoms. The van der Waals surface area contributed by atoms with E-state index in [-0.39, 0.29) is 5.75 Å². The molecule has 0 fully saturated rings. The molecule has 23 heavy (non-hydrogen) atoms. The molecule has 1 aromatic carbocycles. The molecule has 0 spiro atoms. The van der Waals surface area contributed by atoms with Crippen LogP contribution in [-0.4, -0.2) is 22.8 Å². The molecule has 3 nitrogen and oxygen atoms in total. The summed E-state index contributed by atoms with van der Waals surface area (Å²) in [7, 11) is 0. The van der Waals surface area contributed by atoms with Crippen molar-refractivity contribution < 1.29 is 17.9 Å². The largest absolute Gasteiger partial charge is 0.454 e. The number of nitrogens with zero attached hydrogens (tertiary/aromatic N) is 2. The zero-order chi connectivity index (χ0) is 16.7. The first-order valence-corrected chi connectivity index (χ1v) is 7.60. The van der Waals surface area contributed by atoms with Crippen molar-refractivity contribution in [2.45, 2.75) is 45.4 Å². The third-order valence-electron chi connectivity index (χ3n) is 3.33. The maximum absolute atomic E-state index is 12.8. The Morgan fingerprint density at radius 3 is 2.22 bits per heavy atom. The van der Waals surface area contributed by atoms with Gasteiger partial charge in [-0.2, -0.15) is 4.39 Å². The Morgan fingerprint density at radius 2 is 1.65 bits per heavy atom. The van der Waals surface area contributed by atoms with E-state index in [0.717, 1.165) is 18.4 Å². The first kappa shape index (κ1) is 17.2. The maximum Gasteiger partial charge on any atom is 0.304 e. The minimum atomic E-state index is -3.17. The molecule has 0 saturated heterocycles. The number of halogens is 3. The highest BCUT2D eigenvalue weighted by molar-refractivity contribution is 5.55. The highest BCUT2D eigenvalue weighted by Gasteiger charge is 2.20. The summed E-state index contributed by atoms with van der Waals surface area (Å²) in [6.45, 7) is 2.15. The van der Waals surface area contributed by atoms with Crippen LogP contribution in [0.25, 0.3) is 11.4 Å². The number of unbranched alkanes of at least 4 members (excludes halogenated alkanes) is 2. The molecule has 1 unspecified atom stereocenters. The van der Waals surface area contributed by atoms with Crippen molar-refractivity contribution in [2.24, 2.45) is 0 Å². The van der Waals surface area contributed by atoms with Crippen LogP contribution in [0.3, 0.4) is 0 Å². The Labute approximate surface area is 133 Å². The van der Waals surface area contributed by atoms with Gasteiger partial charge in [0.05, 0.1) is 0 Å². The van der Waals surface area contributed by atoms with Gasteiger partial charge in [-0.25, -0.2) is 18.7 Å². The predicted octanol–water partition coefficient (Wildman–Crippen LogP) is 4.82. The van der Waals surface area contributed by atoms with Crippen LogP contribution in [0.15, 0.2) is 36.7 Å². The molecule has 0 aliphatic rings. The molecule has 0 aliphatic heterocycles. The lowest BCUT2D eigenvalue weighted by Gasteiger charge is -2.10. The number of hydrogen-bond acceptors (Lipinski definition) is 3. The molecule has 0 saturated carbocycles. The summed E-state index contributed by atoms with van der Waals surface area (Å²) in [5.74, 6) is 0.569. The molecule has 2 aromatic rings. The molecule has 2 rings (SSSR count). The first-order chi connectivity index (χ1) is 11.1. The lowest BCUT2D eigenvalue weighted by atomic mass is 10.1. The molecule has 1 heterocycles. The Bertz CT molecular complexity index is 588. The van der Waals surface area contributed by atoms with Crippen LogP contribution >= 0.6 is 0 Å². The van der Waals surface area contributed by atoms with Gasteiger partial charge in [-0.05, 0) is 42.7 Å². The van der Waals surface area contributed by atoms with E-state index in [0.29, 0.717) is 11.4 Å². The monoisotopic (exact) mass is 324 g/mol. The topological polar surface area (TPSA) is 35.0 Å². The van der Waals surface area contributed by atoms with Gasteiger partial charge in [0.25, 0.3) is 6.36 Å². The smallest absolute Gasteiger partial charge is 0.304 e. The quantitative estimate of drug-likeness (QED) is 0.653. The minimum Gasteiger partial charge on any atom is -0.454 e. The van der Waals surface area contributed by atoms with Crippen LogP contribution in [0.5, 0.6) is 5.75 Å². The second-order valence-electron chi connectivity index (χ2n) is 5.20. The third kappa shape index (κ3) is 5.23. The Kier molecular flexibility index (Phi) is 6.38. The van der Waals surface area contributed by atoms with Crippen LogP contribution in [0.4, 0.5) is 13.2 Å². The molecule has 124 valence electrons. The zero-order valence-electron chi connectivity index (χ0n) is 12.9. The van der Waals surface area contributed by atoms with Gasteiger partial charge in [-0.15, -0.1) is 0 Å². The van der Waals surface area contributed by atoms with E-state index in [2.05, 4.69) is 21.6 Å². The molecule has 0 radical (unpaired) electrons. The molecule has 1 atom stereocenters. The Morgan fingerprint density at radius 1 is 1.00 bits per heavy atom. The summed E-state index contributed by atoms with van der Waals surface area (Å²) in [6.07, 6.45) is 2.19. The van der Waals surface area contributed by atoms with Crippen LogP contribution in [0.1, 0.15) is 31.7 Å². The van der Waals surface area contributed by atoms with Crippen LogP contribution < -0.4 is 4.74 Å². The molecule has 0 amide bonds. The summed E-state index contributed by atoms with van der Waals surface area (Å²) >= 11 is 0. The van der Waals surface area contributed by atoms with E-state index in [4.69, 9.17) is 0 Å². The number of benzene rings is 1. The predicted molar refractivity (Wildman–Crippen MR) is 82.2 cm³/mol. The van der Waals surface area contributed by atoms with E-state index in [1.807, 2.05) is 0 Å². The molecule has 0 N–H and O–H groups in total. The normalized spacial score (nSPS) is 12.4. The van der Waals surface area contributed by atoms with Gasteiger partial charge in [0.15, 0.2) is 5.82 Å². The summed E-state index contributed by atoms with van der Waals surface area (Å²) in [5.41, 5.74) is 1.80. The van der Waals surface area contributed by atoms with Crippen molar-refractivity contribution in [3.05, 3.63) is 42.2 Å². The summed E-state index contributed by atoms with van der Waals surface area (Å²) in [5, 5.41) is 0. The molecule has 0 aliphatic carbocycles. The van der Waals surface area contributed by atoms with E-state index in [1.54, 1.807) is 24.5 Å². The average Bonchev–Trinajstić information content (AvgIpc) is 2.56. The SMILES string of the molecule is CCCCCc1cnc(-c2ccc(OC(F)C(F)F)cc2)nc1. The molecule has 1 aromatic heterocycles. The average molecular weight is 324 g/mol. The third-order valence-corrected chi connectivity index (χ3v) is 3.33. The first-order valence-electron chi connectivity index (χ1n) is 7.60. The van der Waals surface area contributed by atoms with E-state index in [1.165, 1.54) is 25.0 Å². The maximum atomic E-state index is 12.8. The highest BCUT2D eigenvalue weighted by atomic mass is 19.3. The van der Waals surface area contributed by atoms with Gasteiger partial charge >= 0.3 is 6.43 Å². The van der Waals surface area contributed by atoms with Gasteiger partial charge in [-0.3, -0.25) is 0 Å². The Balaban J connectivity index is 1.99. The minimum absolute atomic E-state index is 0.0396. The van der Waals surface area contributed by atoms with Crippen molar-refractivity contribution in [2.75, 3.05) is 0 Å². The summed E-state index contributed by atoms with van der Waals surface area (Å²) in [4.78, 5) is 8.60. The lowest BCUT2D eigenvalue weighted by Crippen LogP contribution is -2.19. The number of aryl methyl sites for hydroxylation is 1. The van der Waals surface area contributed by atoms with Crippen molar-refractivity contribution in [1.82, 2.24) is 9.97 Å². The van der Waals surface area contributed by atoms with Gasteiger partial charge in [-0.1, -0.05) is 19.8 Å². The van der Waals surface area contributed by atoms with E-state index < -0.39 is 12.8 Å². The number of rotatable bonds is 8. The van der Waals surface area contributed by atoms with E-state index in [9.17, 15) is 13.2 Å². The van der Waals surface area contributed by atoms with Gasteiger partial charge in [0.1, 0.15) is 5.75 Å². The number of hydrogen-bond donors (Lipinski definition) is 0. The second-order valence-corrected chi connectivity index (χ2v) is 5.20.